The van der Waals surface area contributed by atoms with E-state index in [1.54, 1.807) is 0 Å². The maximum atomic E-state index is 12.9. The van der Waals surface area contributed by atoms with Crippen molar-refractivity contribution in [3.63, 3.8) is 0 Å². The van der Waals surface area contributed by atoms with Crippen molar-refractivity contribution in [2.45, 2.75) is 238 Å². The lowest BCUT2D eigenvalue weighted by Gasteiger charge is -2.24. The maximum absolute atomic E-state index is 12.9. The minimum atomic E-state index is -4.40. The van der Waals surface area contributed by atoms with Gasteiger partial charge in [0.15, 0.2) is 6.10 Å². The molecule has 0 amide bonds. The van der Waals surface area contributed by atoms with Crippen molar-refractivity contribution in [1.29, 1.82) is 0 Å². The van der Waals surface area contributed by atoms with Crippen molar-refractivity contribution < 1.29 is 42.1 Å². The van der Waals surface area contributed by atoms with E-state index in [0.717, 1.165) is 154 Å². The van der Waals surface area contributed by atoms with E-state index < -0.39 is 26.5 Å². The SMILES string of the molecule is CC/C=C\C/C=C\C/C=C\C/C=C\C/C=C\C/C=C\C/C=C\C/C=C\C/C=C\C/C=C\CCCCCCCCCCCCC(=O)OC(COC(=O)CCCCCCCC/C=C\C/C=C\C/C=C\C/C=C\CC)COP(=O)(O)OCC[N+](C)(C)C. The standard InChI is InChI=1S/C74H120NO8P/c1-6-8-10-12-14-16-18-20-22-24-26-27-28-29-30-31-32-33-34-35-36-37-38-39-40-41-42-43-44-45-46-47-49-51-53-55-57-59-61-63-65-67-74(77)83-72(71-82-84(78,79)81-69-68-75(3,4)5)70-80-73(76)66-64-62-60-58-56-54-52-50-48-25-23-21-19-17-15-13-11-9-7-2/h8-11,14-17,20-23,26-27,29-30,32-33,35-36,38-39,41-42,44-45,48,50,72H,6-7,12-13,18-19,24-25,28,31,34,37,40,43,46-47,49,51-71H2,1-5H3/p+1/b10-8-,11-9-,16-14-,17-15-,22-20-,23-21-,27-26-,30-29-,33-32-,36-35-,39-38-,42-41-,45-44-,50-48-. The number of hydrogen-bond donors (Lipinski definition) is 1. The predicted molar refractivity (Wildman–Crippen MR) is 362 cm³/mol. The fourth-order valence-electron chi connectivity index (χ4n) is 8.27. The highest BCUT2D eigenvalue weighted by molar-refractivity contribution is 7.47. The van der Waals surface area contributed by atoms with Gasteiger partial charge in [-0.15, -0.1) is 0 Å². The quantitative estimate of drug-likeness (QED) is 0.0211. The summed E-state index contributed by atoms with van der Waals surface area (Å²) < 4.78 is 34.6. The Morgan fingerprint density at radius 2 is 0.643 bits per heavy atom. The lowest BCUT2D eigenvalue weighted by atomic mass is 10.0. The molecule has 0 aromatic rings. The molecule has 0 rings (SSSR count). The van der Waals surface area contributed by atoms with Gasteiger partial charge in [0.2, 0.25) is 0 Å². The van der Waals surface area contributed by atoms with Gasteiger partial charge in [0.05, 0.1) is 27.7 Å². The highest BCUT2D eigenvalue weighted by Crippen LogP contribution is 2.43. The molecule has 0 aromatic heterocycles. The Morgan fingerprint density at radius 1 is 0.369 bits per heavy atom. The summed E-state index contributed by atoms with van der Waals surface area (Å²) in [6.07, 6.45) is 95.8. The number of hydrogen-bond acceptors (Lipinski definition) is 7. The molecular weight excluding hydrogens is 1060 g/mol. The van der Waals surface area contributed by atoms with E-state index in [1.807, 2.05) is 21.1 Å². The predicted octanol–water partition coefficient (Wildman–Crippen LogP) is 21.4. The molecule has 84 heavy (non-hydrogen) atoms. The van der Waals surface area contributed by atoms with Crippen LogP contribution in [0.3, 0.4) is 0 Å². The van der Waals surface area contributed by atoms with Gasteiger partial charge in [0.25, 0.3) is 0 Å². The van der Waals surface area contributed by atoms with Crippen LogP contribution in [0.5, 0.6) is 0 Å². The number of rotatable bonds is 58. The zero-order chi connectivity index (χ0) is 61.2. The van der Waals surface area contributed by atoms with Gasteiger partial charge in [-0.25, -0.2) is 4.57 Å². The summed E-state index contributed by atoms with van der Waals surface area (Å²) in [7, 11) is 1.44. The smallest absolute Gasteiger partial charge is 0.462 e. The van der Waals surface area contributed by atoms with E-state index in [0.29, 0.717) is 23.9 Å². The van der Waals surface area contributed by atoms with Crippen LogP contribution >= 0.6 is 7.82 Å². The van der Waals surface area contributed by atoms with Gasteiger partial charge < -0.3 is 18.9 Å². The molecule has 0 radical (unpaired) electrons. The van der Waals surface area contributed by atoms with E-state index in [9.17, 15) is 19.0 Å². The topological polar surface area (TPSA) is 108 Å². The molecule has 10 heteroatoms. The molecule has 474 valence electrons. The van der Waals surface area contributed by atoms with Crippen LogP contribution < -0.4 is 0 Å². The third-order valence-electron chi connectivity index (χ3n) is 13.2. The second kappa shape index (κ2) is 62.9. The van der Waals surface area contributed by atoms with Crippen molar-refractivity contribution in [1.82, 2.24) is 0 Å². The zero-order valence-corrected chi connectivity index (χ0v) is 54.7. The molecule has 2 unspecified atom stereocenters. The van der Waals surface area contributed by atoms with Crippen LogP contribution in [0.4, 0.5) is 0 Å². The molecule has 0 saturated carbocycles. The van der Waals surface area contributed by atoms with Crippen molar-refractivity contribution >= 4 is 19.8 Å². The number of nitrogens with zero attached hydrogens (tertiary/aromatic N) is 1. The Kier molecular flexibility index (Phi) is 59.4. The second-order valence-corrected chi connectivity index (χ2v) is 23.8. The monoisotopic (exact) mass is 1180 g/mol. The summed E-state index contributed by atoms with van der Waals surface area (Å²) >= 11 is 0. The number of ether oxygens (including phenoxy) is 2. The lowest BCUT2D eigenvalue weighted by Crippen LogP contribution is -2.37. The summed E-state index contributed by atoms with van der Waals surface area (Å²) in [5.41, 5.74) is 0. The van der Waals surface area contributed by atoms with Crippen molar-refractivity contribution in [2.75, 3.05) is 47.5 Å². The third kappa shape index (κ3) is 66.5. The molecule has 0 aliphatic heterocycles. The molecular formula is C74H121NO8P+. The number of phosphoric ester groups is 1. The van der Waals surface area contributed by atoms with E-state index in [-0.39, 0.29) is 32.0 Å². The molecule has 0 spiro atoms. The zero-order valence-electron chi connectivity index (χ0n) is 53.8. The van der Waals surface area contributed by atoms with Crippen LogP contribution in [0.25, 0.3) is 0 Å². The molecule has 0 aliphatic rings. The number of esters is 2. The van der Waals surface area contributed by atoms with E-state index >= 15 is 0 Å². The molecule has 9 nitrogen and oxygen atoms in total. The number of unbranched alkanes of at least 4 members (excludes halogenated alkanes) is 16. The lowest BCUT2D eigenvalue weighted by molar-refractivity contribution is -0.870. The number of likely N-dealkylation sites (N-methyl/N-ethyl adjacent to an activating group) is 1. The fourth-order valence-corrected chi connectivity index (χ4v) is 9.01. The van der Waals surface area contributed by atoms with Gasteiger partial charge >= 0.3 is 19.8 Å². The van der Waals surface area contributed by atoms with Gasteiger partial charge in [-0.3, -0.25) is 18.6 Å². The summed E-state index contributed by atoms with van der Waals surface area (Å²) in [5, 5.41) is 0. The van der Waals surface area contributed by atoms with E-state index in [2.05, 4.69) is 184 Å². The first-order chi connectivity index (χ1) is 41.0. The van der Waals surface area contributed by atoms with Gasteiger partial charge in [-0.05, 0) is 128 Å². The first-order valence-corrected chi connectivity index (χ1v) is 34.4. The van der Waals surface area contributed by atoms with E-state index in [4.69, 9.17) is 18.5 Å². The first-order valence-electron chi connectivity index (χ1n) is 32.9. The maximum Gasteiger partial charge on any atom is 0.472 e. The Morgan fingerprint density at radius 3 is 0.952 bits per heavy atom. The minimum Gasteiger partial charge on any atom is -0.462 e. The Hall–Kier alpha value is -4.63. The van der Waals surface area contributed by atoms with Crippen LogP contribution in [-0.4, -0.2) is 74.9 Å². The average molecular weight is 1180 g/mol. The highest BCUT2D eigenvalue weighted by Gasteiger charge is 2.27. The molecule has 0 aromatic carbocycles. The van der Waals surface area contributed by atoms with Crippen LogP contribution in [0.1, 0.15) is 232 Å². The van der Waals surface area contributed by atoms with Crippen LogP contribution in [-0.2, 0) is 32.7 Å². The largest absolute Gasteiger partial charge is 0.472 e. The second-order valence-electron chi connectivity index (χ2n) is 22.4. The number of carbonyl (C=O) groups is 2. The van der Waals surface area contributed by atoms with Crippen molar-refractivity contribution in [3.05, 3.63) is 170 Å². The molecule has 2 atom stereocenters. The van der Waals surface area contributed by atoms with Crippen LogP contribution in [0.15, 0.2) is 170 Å². The summed E-state index contributed by atoms with van der Waals surface area (Å²) in [6, 6.07) is 0. The number of quaternary nitrogens is 1. The average Bonchev–Trinajstić information content (AvgIpc) is 3.61. The molecule has 0 fully saturated rings. The third-order valence-corrected chi connectivity index (χ3v) is 14.2. The number of carbonyl (C=O) groups excluding carboxylic acids is 2. The highest BCUT2D eigenvalue weighted by atomic mass is 31.2. The molecule has 0 bridgehead atoms. The van der Waals surface area contributed by atoms with Crippen LogP contribution in [0.2, 0.25) is 0 Å². The molecule has 0 saturated heterocycles. The van der Waals surface area contributed by atoms with E-state index in [1.165, 1.54) is 38.5 Å². The normalized spacial score (nSPS) is 14.3. The summed E-state index contributed by atoms with van der Waals surface area (Å²) in [4.78, 5) is 35.8. The van der Waals surface area contributed by atoms with Crippen LogP contribution in [0, 0.1) is 0 Å². The van der Waals surface area contributed by atoms with Gasteiger partial charge in [-0.1, -0.05) is 261 Å². The Labute approximate surface area is 515 Å². The molecule has 0 heterocycles. The Bertz CT molecular complexity index is 2020. The Balaban J connectivity index is 4.12. The fraction of sp³-hybridized carbons (Fsp3) is 0.595. The van der Waals surface area contributed by atoms with Crippen molar-refractivity contribution in [3.8, 4) is 0 Å². The van der Waals surface area contributed by atoms with Gasteiger partial charge in [0.1, 0.15) is 19.8 Å². The molecule has 0 aliphatic carbocycles. The summed E-state index contributed by atoms with van der Waals surface area (Å²) in [6.45, 7) is 4.16. The minimum absolute atomic E-state index is 0.0196. The number of phosphoric acid groups is 1. The summed E-state index contributed by atoms with van der Waals surface area (Å²) in [5.74, 6) is -0.829. The first kappa shape index (κ1) is 79.4. The van der Waals surface area contributed by atoms with Crippen molar-refractivity contribution in [2.24, 2.45) is 0 Å². The number of allylic oxidation sites excluding steroid dienone is 28. The molecule has 1 N–H and O–H groups in total. The van der Waals surface area contributed by atoms with Gasteiger partial charge in [-0.2, -0.15) is 0 Å². The van der Waals surface area contributed by atoms with Gasteiger partial charge in [0, 0.05) is 12.8 Å².